The summed E-state index contributed by atoms with van der Waals surface area (Å²) in [5.41, 5.74) is 1.80. The van der Waals surface area contributed by atoms with Crippen molar-refractivity contribution in [1.29, 1.82) is 0 Å². The van der Waals surface area contributed by atoms with E-state index in [4.69, 9.17) is 14.2 Å². The summed E-state index contributed by atoms with van der Waals surface area (Å²) in [6.45, 7) is 0. The number of benzene rings is 1. The molecule has 0 aliphatic heterocycles. The molecule has 0 aliphatic rings. The van der Waals surface area contributed by atoms with E-state index in [0.29, 0.717) is 0 Å². The topological polar surface area (TPSA) is 40.6 Å². The van der Waals surface area contributed by atoms with Gasteiger partial charge in [-0.15, -0.1) is 11.3 Å². The first-order valence-electron chi connectivity index (χ1n) is 5.54. The number of hydrogen-bond donors (Lipinski definition) is 0. The second-order valence-corrected chi connectivity index (χ2v) is 5.44. The highest BCUT2D eigenvalue weighted by Gasteiger charge is 2.14. The maximum absolute atomic E-state index is 5.21. The first-order chi connectivity index (χ1) is 9.19. The maximum Gasteiger partial charge on any atom is 0.201 e. The Morgan fingerprint density at radius 2 is 1.95 bits per heavy atom. The Kier molecular flexibility index (Phi) is 4.93. The predicted octanol–water partition coefficient (Wildman–Crippen LogP) is 3.87. The third kappa shape index (κ3) is 3.14. The summed E-state index contributed by atoms with van der Waals surface area (Å²) in [6, 6.07) is 5.86. The van der Waals surface area contributed by atoms with Crippen LogP contribution in [0.3, 0.4) is 0 Å². The van der Waals surface area contributed by atoms with Gasteiger partial charge in [-0.1, -0.05) is 0 Å². The Morgan fingerprint density at radius 1 is 1.21 bits per heavy atom. The molecule has 0 radical (unpaired) electrons. The van der Waals surface area contributed by atoms with Gasteiger partial charge in [-0.3, -0.25) is 0 Å². The van der Waals surface area contributed by atoms with E-state index in [0.717, 1.165) is 26.5 Å². The normalized spacial score (nSPS) is 11.0. The second kappa shape index (κ2) is 6.47. The van der Waals surface area contributed by atoms with Gasteiger partial charge in [0.15, 0.2) is 0 Å². The molecule has 1 aromatic carbocycles. The largest absolute Gasteiger partial charge is 0.496 e. The van der Waals surface area contributed by atoms with Gasteiger partial charge in [-0.25, -0.2) is 4.98 Å². The molecule has 0 fully saturated rings. The molecule has 0 N–H and O–H groups in total. The molecule has 1 aromatic heterocycles. The van der Waals surface area contributed by atoms with Crippen LogP contribution in [0.1, 0.15) is 12.0 Å². The molecule has 2 aromatic rings. The summed E-state index contributed by atoms with van der Waals surface area (Å²) in [7, 11) is 4.83. The maximum atomic E-state index is 5.21. The lowest BCUT2D eigenvalue weighted by Gasteiger charge is -2.09. The first-order valence-corrected chi connectivity index (χ1v) is 7.21. The zero-order valence-corrected chi connectivity index (χ0v) is 13.2. The van der Waals surface area contributed by atoms with Crippen molar-refractivity contribution in [1.82, 2.24) is 4.98 Å². The van der Waals surface area contributed by atoms with E-state index < -0.39 is 6.29 Å². The Hall–Kier alpha value is -0.950. The molecule has 102 valence electrons. The molecule has 6 heteroatoms. The van der Waals surface area contributed by atoms with E-state index in [2.05, 4.69) is 20.9 Å². The molecule has 0 spiro atoms. The van der Waals surface area contributed by atoms with E-state index in [-0.39, 0.29) is 0 Å². The molecule has 1 heterocycles. The minimum Gasteiger partial charge on any atom is -0.496 e. The monoisotopic (exact) mass is 343 g/mol. The lowest BCUT2D eigenvalue weighted by Crippen LogP contribution is -2.03. The van der Waals surface area contributed by atoms with Gasteiger partial charge in [0.1, 0.15) is 16.5 Å². The Morgan fingerprint density at radius 3 is 2.53 bits per heavy atom. The van der Waals surface area contributed by atoms with E-state index in [1.807, 2.05) is 23.6 Å². The Bertz CT molecular complexity index is 555. The zero-order chi connectivity index (χ0) is 13.8. The van der Waals surface area contributed by atoms with Gasteiger partial charge in [0.25, 0.3) is 0 Å². The van der Waals surface area contributed by atoms with E-state index in [1.165, 1.54) is 0 Å². The summed E-state index contributed by atoms with van der Waals surface area (Å²) in [5.74, 6) is 0.798. The molecule has 2 rings (SSSR count). The molecular weight excluding hydrogens is 330 g/mol. The van der Waals surface area contributed by atoms with Gasteiger partial charge in [0.05, 0.1) is 11.6 Å². The van der Waals surface area contributed by atoms with Crippen LogP contribution in [0.4, 0.5) is 0 Å². The van der Waals surface area contributed by atoms with Crippen LogP contribution in [-0.2, 0) is 9.47 Å². The van der Waals surface area contributed by atoms with Gasteiger partial charge >= 0.3 is 0 Å². The highest BCUT2D eigenvalue weighted by molar-refractivity contribution is 9.10. The third-order valence-electron chi connectivity index (χ3n) is 2.59. The molecule has 0 saturated carbocycles. The number of halogens is 1. The fourth-order valence-corrected chi connectivity index (χ4v) is 3.02. The highest BCUT2D eigenvalue weighted by atomic mass is 79.9. The molecule has 19 heavy (non-hydrogen) atoms. The van der Waals surface area contributed by atoms with Crippen molar-refractivity contribution in [2.45, 2.75) is 6.29 Å². The van der Waals surface area contributed by atoms with Crippen LogP contribution in [0, 0.1) is 0 Å². The molecule has 0 saturated heterocycles. The average molecular weight is 344 g/mol. The quantitative estimate of drug-likeness (QED) is 0.772. The number of ether oxygens (including phenoxy) is 3. The van der Waals surface area contributed by atoms with Crippen LogP contribution in [0.15, 0.2) is 28.1 Å². The van der Waals surface area contributed by atoms with Crippen LogP contribution < -0.4 is 4.74 Å². The smallest absolute Gasteiger partial charge is 0.201 e. The molecule has 0 amide bonds. The molecule has 0 atom stereocenters. The number of rotatable bonds is 5. The summed E-state index contributed by atoms with van der Waals surface area (Å²) >= 11 is 5.02. The summed E-state index contributed by atoms with van der Waals surface area (Å²) in [6.07, 6.45) is -0.424. The Balaban J connectivity index is 2.30. The van der Waals surface area contributed by atoms with Gasteiger partial charge < -0.3 is 14.2 Å². The van der Waals surface area contributed by atoms with Crippen LogP contribution in [0.25, 0.3) is 10.6 Å². The van der Waals surface area contributed by atoms with Gasteiger partial charge in [0, 0.05) is 25.2 Å². The van der Waals surface area contributed by atoms with Gasteiger partial charge in [-0.2, -0.15) is 0 Å². The molecule has 0 unspecified atom stereocenters. The number of aromatic nitrogens is 1. The van der Waals surface area contributed by atoms with Crippen LogP contribution in [0.5, 0.6) is 5.75 Å². The first kappa shape index (κ1) is 14.5. The van der Waals surface area contributed by atoms with Crippen LogP contribution in [0.2, 0.25) is 0 Å². The van der Waals surface area contributed by atoms with Crippen molar-refractivity contribution in [2.75, 3.05) is 21.3 Å². The fraction of sp³-hybridized carbons (Fsp3) is 0.308. The summed E-state index contributed by atoms with van der Waals surface area (Å²) in [4.78, 5) is 4.53. The Labute approximate surface area is 124 Å². The van der Waals surface area contributed by atoms with Gasteiger partial charge in [-0.05, 0) is 34.1 Å². The summed E-state index contributed by atoms with van der Waals surface area (Å²) in [5, 5.41) is 2.85. The summed E-state index contributed by atoms with van der Waals surface area (Å²) < 4.78 is 16.5. The number of methoxy groups -OCH3 is 3. The minimum absolute atomic E-state index is 0.424. The van der Waals surface area contributed by atoms with Crippen molar-refractivity contribution >= 4 is 27.3 Å². The number of nitrogens with zero attached hydrogens (tertiary/aromatic N) is 1. The van der Waals surface area contributed by atoms with E-state index in [1.54, 1.807) is 32.7 Å². The SMILES string of the molecule is COc1ccc(-c2nc(C(OC)OC)cs2)cc1Br. The van der Waals surface area contributed by atoms with Crippen molar-refractivity contribution in [3.8, 4) is 16.3 Å². The molecule has 0 aliphatic carbocycles. The van der Waals surface area contributed by atoms with E-state index >= 15 is 0 Å². The molecule has 0 bridgehead atoms. The van der Waals surface area contributed by atoms with Crippen LogP contribution in [-0.4, -0.2) is 26.3 Å². The van der Waals surface area contributed by atoms with Crippen molar-refractivity contribution in [3.05, 3.63) is 33.7 Å². The third-order valence-corrected chi connectivity index (χ3v) is 4.12. The van der Waals surface area contributed by atoms with Crippen LogP contribution >= 0.6 is 27.3 Å². The number of hydrogen-bond acceptors (Lipinski definition) is 5. The van der Waals surface area contributed by atoms with Gasteiger partial charge in [0.2, 0.25) is 6.29 Å². The van der Waals surface area contributed by atoms with Crippen molar-refractivity contribution in [2.24, 2.45) is 0 Å². The predicted molar refractivity (Wildman–Crippen MR) is 78.6 cm³/mol. The van der Waals surface area contributed by atoms with E-state index in [9.17, 15) is 0 Å². The average Bonchev–Trinajstić information content (AvgIpc) is 2.90. The molecular formula is C13H14BrNO3S. The van der Waals surface area contributed by atoms with Crippen molar-refractivity contribution < 1.29 is 14.2 Å². The lowest BCUT2D eigenvalue weighted by molar-refractivity contribution is -0.108. The zero-order valence-electron chi connectivity index (χ0n) is 10.8. The number of thiazole rings is 1. The highest BCUT2D eigenvalue weighted by Crippen LogP contribution is 2.33. The molecule has 4 nitrogen and oxygen atoms in total. The second-order valence-electron chi connectivity index (χ2n) is 3.73. The van der Waals surface area contributed by atoms with Crippen molar-refractivity contribution in [3.63, 3.8) is 0 Å². The minimum atomic E-state index is -0.424. The fourth-order valence-electron chi connectivity index (χ4n) is 1.66. The standard InChI is InChI=1S/C13H14BrNO3S/c1-16-11-5-4-8(6-9(11)14)12-15-10(7-19-12)13(17-2)18-3/h4-7,13H,1-3H3. The lowest BCUT2D eigenvalue weighted by atomic mass is 10.2.